The molecule has 5 nitrogen and oxygen atoms in total. The van der Waals surface area contributed by atoms with Gasteiger partial charge in [0, 0.05) is 0 Å². The first-order valence-corrected chi connectivity index (χ1v) is 9.03. The normalized spacial score (nSPS) is 11.9. The first-order valence-electron chi connectivity index (χ1n) is 7.18. The monoisotopic (exact) mass is 390 g/mol. The highest BCUT2D eigenvalue weighted by atomic mass is 32.2. The molecule has 0 aliphatic rings. The van der Waals surface area contributed by atoms with Crippen LogP contribution in [0.15, 0.2) is 48.5 Å². The zero-order valence-corrected chi connectivity index (χ0v) is 14.2. The largest absolute Gasteiger partial charge is 0.418 e. The third kappa shape index (κ3) is 4.72. The molecule has 0 bridgehead atoms. The minimum Gasteiger partial charge on any atom is -0.322 e. The number of hydrogen-bond acceptors (Lipinski definition) is 3. The molecule has 2 aromatic carbocycles. The Bertz CT molecular complexity index is 914. The topological polar surface area (TPSA) is 66.5 Å². The Morgan fingerprint density at radius 3 is 2.23 bits per heavy atom. The van der Waals surface area contributed by atoms with Crippen molar-refractivity contribution < 1.29 is 30.8 Å². The molecule has 0 spiro atoms. The number of amides is 1. The lowest BCUT2D eigenvalue weighted by Crippen LogP contribution is -2.38. The molecule has 10 heteroatoms. The summed E-state index contributed by atoms with van der Waals surface area (Å²) in [5, 5.41) is 2.14. The smallest absolute Gasteiger partial charge is 0.322 e. The fraction of sp³-hybridized carbons (Fsp3) is 0.188. The molecule has 0 fully saturated rings. The number of para-hydroxylation sites is 2. The van der Waals surface area contributed by atoms with Crippen LogP contribution in [0.4, 0.5) is 28.9 Å². The Kier molecular flexibility index (Phi) is 5.55. The molecule has 0 aliphatic carbocycles. The third-order valence-electron chi connectivity index (χ3n) is 3.31. The Labute approximate surface area is 147 Å². The molecular weight excluding hydrogens is 376 g/mol. The van der Waals surface area contributed by atoms with Gasteiger partial charge in [0.25, 0.3) is 0 Å². The molecule has 0 saturated carbocycles. The van der Waals surface area contributed by atoms with Crippen molar-refractivity contribution in [2.45, 2.75) is 6.18 Å². The van der Waals surface area contributed by atoms with Gasteiger partial charge in [0.2, 0.25) is 15.9 Å². The van der Waals surface area contributed by atoms with E-state index in [4.69, 9.17) is 0 Å². The highest BCUT2D eigenvalue weighted by Crippen LogP contribution is 2.37. The highest BCUT2D eigenvalue weighted by molar-refractivity contribution is 7.92. The molecule has 0 unspecified atom stereocenters. The molecule has 0 heterocycles. The van der Waals surface area contributed by atoms with Crippen LogP contribution in [0.25, 0.3) is 0 Å². The van der Waals surface area contributed by atoms with Gasteiger partial charge in [-0.05, 0) is 24.3 Å². The molecular formula is C16H14F4N2O3S. The second-order valence-corrected chi connectivity index (χ2v) is 7.22. The summed E-state index contributed by atoms with van der Waals surface area (Å²) >= 11 is 0. The van der Waals surface area contributed by atoms with Gasteiger partial charge in [-0.1, -0.05) is 24.3 Å². The minimum absolute atomic E-state index is 0.213. The van der Waals surface area contributed by atoms with E-state index in [0.29, 0.717) is 16.6 Å². The number of benzene rings is 2. The van der Waals surface area contributed by atoms with Gasteiger partial charge in [-0.3, -0.25) is 9.10 Å². The second kappa shape index (κ2) is 7.32. The van der Waals surface area contributed by atoms with Gasteiger partial charge in [-0.25, -0.2) is 12.8 Å². The maximum atomic E-state index is 13.6. The van der Waals surface area contributed by atoms with E-state index in [0.717, 1.165) is 18.2 Å². The lowest BCUT2D eigenvalue weighted by atomic mass is 10.1. The average molecular weight is 390 g/mol. The van der Waals surface area contributed by atoms with Gasteiger partial charge in [-0.2, -0.15) is 13.2 Å². The number of nitrogens with zero attached hydrogens (tertiary/aromatic N) is 1. The SMILES string of the molecule is CS(=O)(=O)N(CC(=O)Nc1ccccc1F)c1ccccc1C(F)(F)F. The van der Waals surface area contributed by atoms with Crippen LogP contribution in [-0.4, -0.2) is 27.1 Å². The first-order chi connectivity index (χ1) is 12.0. The molecule has 2 rings (SSSR count). The molecule has 2 aromatic rings. The van der Waals surface area contributed by atoms with E-state index >= 15 is 0 Å². The number of rotatable bonds is 5. The van der Waals surface area contributed by atoms with Crippen molar-refractivity contribution in [2.24, 2.45) is 0 Å². The summed E-state index contributed by atoms with van der Waals surface area (Å²) in [6, 6.07) is 9.11. The summed E-state index contributed by atoms with van der Waals surface area (Å²) in [6.45, 7) is -0.944. The molecule has 1 N–H and O–H groups in total. The summed E-state index contributed by atoms with van der Waals surface area (Å²) in [5.41, 5.74) is -2.11. The Balaban J connectivity index is 2.36. The van der Waals surface area contributed by atoms with Crippen LogP contribution in [0.5, 0.6) is 0 Å². The van der Waals surface area contributed by atoms with Crippen molar-refractivity contribution in [3.63, 3.8) is 0 Å². The minimum atomic E-state index is -4.82. The fourth-order valence-electron chi connectivity index (χ4n) is 2.19. The lowest BCUT2D eigenvalue weighted by Gasteiger charge is -2.25. The van der Waals surface area contributed by atoms with Crippen molar-refractivity contribution in [2.75, 3.05) is 22.4 Å². The van der Waals surface area contributed by atoms with E-state index in [2.05, 4.69) is 5.32 Å². The van der Waals surface area contributed by atoms with E-state index in [1.165, 1.54) is 24.3 Å². The summed E-state index contributed by atoms with van der Waals surface area (Å²) in [7, 11) is -4.22. The van der Waals surface area contributed by atoms with Gasteiger partial charge in [0.1, 0.15) is 12.4 Å². The summed E-state index contributed by atoms with van der Waals surface area (Å²) in [6.07, 6.45) is -4.14. The third-order valence-corrected chi connectivity index (χ3v) is 4.44. The molecule has 0 aliphatic heterocycles. The number of sulfonamides is 1. The van der Waals surface area contributed by atoms with Crippen LogP contribution < -0.4 is 9.62 Å². The van der Waals surface area contributed by atoms with E-state index in [1.54, 1.807) is 0 Å². The van der Waals surface area contributed by atoms with E-state index in [-0.39, 0.29) is 5.69 Å². The standard InChI is InChI=1S/C16H14F4N2O3S/c1-26(24,25)22(14-9-5-2-6-11(14)16(18,19)20)10-15(23)21-13-8-4-3-7-12(13)17/h2-9H,10H2,1H3,(H,21,23). The quantitative estimate of drug-likeness (QED) is 0.797. The van der Waals surface area contributed by atoms with Crippen molar-refractivity contribution >= 4 is 27.3 Å². The number of nitrogens with one attached hydrogen (secondary N) is 1. The van der Waals surface area contributed by atoms with Crippen LogP contribution >= 0.6 is 0 Å². The first kappa shape index (κ1) is 19.7. The zero-order chi connectivity index (χ0) is 19.5. The van der Waals surface area contributed by atoms with Crippen molar-refractivity contribution in [1.29, 1.82) is 0 Å². The van der Waals surface area contributed by atoms with Crippen molar-refractivity contribution in [3.8, 4) is 0 Å². The number of carbonyl (C=O) groups is 1. The Hall–Kier alpha value is -2.62. The summed E-state index contributed by atoms with van der Waals surface area (Å²) in [5.74, 6) is -1.75. The summed E-state index contributed by atoms with van der Waals surface area (Å²) in [4.78, 5) is 12.1. The number of halogens is 4. The number of hydrogen-bond donors (Lipinski definition) is 1. The second-order valence-electron chi connectivity index (χ2n) is 5.31. The van der Waals surface area contributed by atoms with Crippen LogP contribution in [-0.2, 0) is 21.0 Å². The maximum Gasteiger partial charge on any atom is 0.418 e. The van der Waals surface area contributed by atoms with Crippen molar-refractivity contribution in [3.05, 3.63) is 59.9 Å². The van der Waals surface area contributed by atoms with Crippen LogP contribution in [0.1, 0.15) is 5.56 Å². The van der Waals surface area contributed by atoms with Crippen LogP contribution in [0, 0.1) is 5.82 Å². The van der Waals surface area contributed by atoms with E-state index < -0.39 is 45.7 Å². The molecule has 0 aromatic heterocycles. The number of alkyl halides is 3. The van der Waals surface area contributed by atoms with Crippen LogP contribution in [0.2, 0.25) is 0 Å². The Morgan fingerprint density at radius 1 is 1.08 bits per heavy atom. The molecule has 0 atom stereocenters. The zero-order valence-electron chi connectivity index (χ0n) is 13.4. The molecule has 140 valence electrons. The van der Waals surface area contributed by atoms with Crippen LogP contribution in [0.3, 0.4) is 0 Å². The highest BCUT2D eigenvalue weighted by Gasteiger charge is 2.36. The molecule has 0 saturated heterocycles. The van der Waals surface area contributed by atoms with E-state index in [1.807, 2.05) is 0 Å². The van der Waals surface area contributed by atoms with E-state index in [9.17, 15) is 30.8 Å². The molecule has 26 heavy (non-hydrogen) atoms. The number of anilines is 2. The Morgan fingerprint density at radius 2 is 1.65 bits per heavy atom. The molecule has 0 radical (unpaired) electrons. The van der Waals surface area contributed by atoms with Gasteiger partial charge >= 0.3 is 6.18 Å². The summed E-state index contributed by atoms with van der Waals surface area (Å²) < 4.78 is 77.3. The van der Waals surface area contributed by atoms with Gasteiger partial charge in [0.15, 0.2) is 0 Å². The predicted molar refractivity (Wildman–Crippen MR) is 88.7 cm³/mol. The van der Waals surface area contributed by atoms with Gasteiger partial charge in [-0.15, -0.1) is 0 Å². The average Bonchev–Trinajstić information content (AvgIpc) is 2.53. The molecule has 1 amide bonds. The maximum absolute atomic E-state index is 13.6. The van der Waals surface area contributed by atoms with Gasteiger partial charge in [0.05, 0.1) is 23.2 Å². The number of carbonyl (C=O) groups excluding carboxylic acids is 1. The fourth-order valence-corrected chi connectivity index (χ4v) is 3.06. The predicted octanol–water partition coefficient (Wildman–Crippen LogP) is 3.25. The van der Waals surface area contributed by atoms with Crippen molar-refractivity contribution in [1.82, 2.24) is 0 Å². The lowest BCUT2D eigenvalue weighted by molar-refractivity contribution is -0.137. The van der Waals surface area contributed by atoms with Gasteiger partial charge < -0.3 is 5.32 Å².